The Labute approximate surface area is 171 Å². The second-order valence-electron chi connectivity index (χ2n) is 6.83. The van der Waals surface area contributed by atoms with Crippen molar-refractivity contribution >= 4 is 11.8 Å². The molecule has 1 aliphatic rings. The summed E-state index contributed by atoms with van der Waals surface area (Å²) in [5.74, 6) is -0.155. The molecule has 4 rings (SSSR count). The van der Waals surface area contributed by atoms with Gasteiger partial charge in [-0.25, -0.2) is 9.37 Å². The lowest BCUT2D eigenvalue weighted by molar-refractivity contribution is 0.0699. The smallest absolute Gasteiger partial charge is 0.291 e. The number of hydrogen-bond donors (Lipinski definition) is 2. The molecular weight excluding hydrogens is 393 g/mol. The molecule has 0 fully saturated rings. The number of aryl methyl sites for hydroxylation is 1. The number of aromatic amines is 1. The largest absolute Gasteiger partial charge is 0.492 e. The number of aromatic nitrogens is 3. The molecule has 0 aliphatic carbocycles. The molecule has 30 heavy (non-hydrogen) atoms. The summed E-state index contributed by atoms with van der Waals surface area (Å²) >= 11 is 0. The van der Waals surface area contributed by atoms with E-state index in [0.29, 0.717) is 36.6 Å². The minimum atomic E-state index is -0.338. The minimum Gasteiger partial charge on any atom is -0.492 e. The Morgan fingerprint density at radius 3 is 2.87 bits per heavy atom. The third kappa shape index (κ3) is 4.02. The maximum absolute atomic E-state index is 12.9. The van der Waals surface area contributed by atoms with Crippen LogP contribution in [0.25, 0.3) is 0 Å². The minimum absolute atomic E-state index is 0.220. The van der Waals surface area contributed by atoms with E-state index in [-0.39, 0.29) is 36.5 Å². The number of carbonyl (C=O) groups excluding carboxylic acids is 2. The first-order valence-electron chi connectivity index (χ1n) is 9.45. The fourth-order valence-corrected chi connectivity index (χ4v) is 3.28. The average molecular weight is 413 g/mol. The van der Waals surface area contributed by atoms with Crippen molar-refractivity contribution in [2.45, 2.75) is 19.9 Å². The van der Waals surface area contributed by atoms with Gasteiger partial charge in [-0.05, 0) is 37.6 Å². The van der Waals surface area contributed by atoms with Crippen molar-refractivity contribution in [2.24, 2.45) is 0 Å². The molecule has 1 aromatic carbocycles. The van der Waals surface area contributed by atoms with Gasteiger partial charge < -0.3 is 19.4 Å². The monoisotopic (exact) mass is 413 g/mol. The maximum atomic E-state index is 12.9. The highest BCUT2D eigenvalue weighted by Gasteiger charge is 2.29. The number of ether oxygens (including phenoxy) is 1. The number of hydrogen-bond acceptors (Lipinski definition) is 6. The van der Waals surface area contributed by atoms with E-state index in [2.05, 4.69) is 20.5 Å². The number of fused-ring (bicyclic) bond motifs is 1. The van der Waals surface area contributed by atoms with Crippen molar-refractivity contribution in [3.8, 4) is 5.75 Å². The summed E-state index contributed by atoms with van der Waals surface area (Å²) in [5, 5.41) is 9.74. The molecule has 0 saturated heterocycles. The van der Waals surface area contributed by atoms with E-state index < -0.39 is 0 Å². The predicted molar refractivity (Wildman–Crippen MR) is 103 cm³/mol. The average Bonchev–Trinajstić information content (AvgIpc) is 3.37. The van der Waals surface area contributed by atoms with Gasteiger partial charge in [-0.1, -0.05) is 0 Å². The number of nitrogens with one attached hydrogen (secondary N) is 2. The third-order valence-electron chi connectivity index (χ3n) is 4.85. The summed E-state index contributed by atoms with van der Waals surface area (Å²) in [5.41, 5.74) is 2.37. The Morgan fingerprint density at radius 2 is 2.13 bits per heavy atom. The van der Waals surface area contributed by atoms with Crippen LogP contribution in [0.5, 0.6) is 5.75 Å². The molecule has 2 N–H and O–H groups in total. The summed E-state index contributed by atoms with van der Waals surface area (Å²) in [6, 6.07) is 5.66. The van der Waals surface area contributed by atoms with Gasteiger partial charge in [-0.15, -0.1) is 0 Å². The Bertz CT molecular complexity index is 1060. The van der Waals surface area contributed by atoms with Gasteiger partial charge in [0.2, 0.25) is 5.76 Å². The zero-order valence-electron chi connectivity index (χ0n) is 16.3. The SMILES string of the molecule is Cc1ncoc1C(=O)N1CCc2c(C(=O)NCCOc3ccc(F)cc3)n[nH]c2C1. The second-order valence-corrected chi connectivity index (χ2v) is 6.83. The van der Waals surface area contributed by atoms with Gasteiger partial charge in [0, 0.05) is 12.1 Å². The lowest BCUT2D eigenvalue weighted by Crippen LogP contribution is -2.37. The highest BCUT2D eigenvalue weighted by molar-refractivity contribution is 5.95. The number of rotatable bonds is 6. The normalized spacial score (nSPS) is 13.1. The highest BCUT2D eigenvalue weighted by atomic mass is 19.1. The van der Waals surface area contributed by atoms with E-state index in [0.717, 1.165) is 11.3 Å². The first kappa shape index (κ1) is 19.6. The summed E-state index contributed by atoms with van der Waals surface area (Å²) in [6.07, 6.45) is 1.75. The van der Waals surface area contributed by atoms with Crippen LogP contribution in [0.4, 0.5) is 4.39 Å². The van der Waals surface area contributed by atoms with Crippen LogP contribution in [0.15, 0.2) is 35.1 Å². The topological polar surface area (TPSA) is 113 Å². The van der Waals surface area contributed by atoms with Crippen LogP contribution in [0.2, 0.25) is 0 Å². The molecule has 0 bridgehead atoms. The zero-order chi connectivity index (χ0) is 21.1. The molecule has 10 heteroatoms. The fraction of sp³-hybridized carbons (Fsp3) is 0.300. The van der Waals surface area contributed by atoms with Gasteiger partial charge in [-0.3, -0.25) is 14.7 Å². The van der Waals surface area contributed by atoms with E-state index >= 15 is 0 Å². The maximum Gasteiger partial charge on any atom is 0.291 e. The van der Waals surface area contributed by atoms with Crippen LogP contribution in [0, 0.1) is 12.7 Å². The molecule has 2 amide bonds. The number of carbonyl (C=O) groups is 2. The van der Waals surface area contributed by atoms with Crippen LogP contribution in [-0.4, -0.2) is 51.6 Å². The van der Waals surface area contributed by atoms with Gasteiger partial charge in [0.25, 0.3) is 11.8 Å². The number of benzene rings is 1. The van der Waals surface area contributed by atoms with E-state index in [4.69, 9.17) is 9.15 Å². The molecule has 156 valence electrons. The molecule has 2 aromatic heterocycles. The van der Waals surface area contributed by atoms with Crippen LogP contribution >= 0.6 is 0 Å². The van der Waals surface area contributed by atoms with Crippen LogP contribution in [0.3, 0.4) is 0 Å². The number of H-pyrrole nitrogens is 1. The first-order chi connectivity index (χ1) is 14.5. The fourth-order valence-electron chi connectivity index (χ4n) is 3.28. The summed E-state index contributed by atoms with van der Waals surface area (Å²) < 4.78 is 23.5. The van der Waals surface area contributed by atoms with Crippen LogP contribution < -0.4 is 10.1 Å². The van der Waals surface area contributed by atoms with Gasteiger partial charge in [0.15, 0.2) is 12.1 Å². The third-order valence-corrected chi connectivity index (χ3v) is 4.85. The molecular formula is C20H20FN5O4. The zero-order valence-corrected chi connectivity index (χ0v) is 16.3. The Hall–Kier alpha value is -3.69. The highest BCUT2D eigenvalue weighted by Crippen LogP contribution is 2.22. The van der Waals surface area contributed by atoms with Gasteiger partial charge in [0.1, 0.15) is 18.2 Å². The van der Waals surface area contributed by atoms with Crippen molar-refractivity contribution in [2.75, 3.05) is 19.7 Å². The van der Waals surface area contributed by atoms with Gasteiger partial charge in [0.05, 0.1) is 24.5 Å². The summed E-state index contributed by atoms with van der Waals surface area (Å²) in [7, 11) is 0. The van der Waals surface area contributed by atoms with Gasteiger partial charge in [-0.2, -0.15) is 5.10 Å². The molecule has 0 spiro atoms. The number of amides is 2. The summed E-state index contributed by atoms with van der Waals surface area (Å²) in [6.45, 7) is 2.97. The van der Waals surface area contributed by atoms with Crippen LogP contribution in [0.1, 0.15) is 38.0 Å². The molecule has 1 aliphatic heterocycles. The molecule has 0 saturated carbocycles. The van der Waals surface area contributed by atoms with Crippen molar-refractivity contribution in [3.05, 3.63) is 64.9 Å². The van der Waals surface area contributed by atoms with Crippen molar-refractivity contribution in [1.82, 2.24) is 25.4 Å². The number of oxazole rings is 1. The second kappa shape index (κ2) is 8.36. The van der Waals surface area contributed by atoms with E-state index in [1.54, 1.807) is 11.8 Å². The number of nitrogens with zero attached hydrogens (tertiary/aromatic N) is 3. The quantitative estimate of drug-likeness (QED) is 0.597. The molecule has 3 aromatic rings. The first-order valence-corrected chi connectivity index (χ1v) is 9.45. The summed E-state index contributed by atoms with van der Waals surface area (Å²) in [4.78, 5) is 30.6. The predicted octanol–water partition coefficient (Wildman–Crippen LogP) is 1.85. The van der Waals surface area contributed by atoms with Crippen molar-refractivity contribution in [3.63, 3.8) is 0 Å². The van der Waals surface area contributed by atoms with Gasteiger partial charge >= 0.3 is 0 Å². The van der Waals surface area contributed by atoms with E-state index in [9.17, 15) is 14.0 Å². The standard InChI is InChI=1S/C20H20FN5O4/c1-12-18(30-11-23-12)20(28)26-8-6-15-16(10-26)24-25-17(15)19(27)22-7-9-29-14-4-2-13(21)3-5-14/h2-5,11H,6-10H2,1H3,(H,22,27)(H,24,25). The van der Waals surface area contributed by atoms with Crippen molar-refractivity contribution in [1.29, 1.82) is 0 Å². The number of halogens is 1. The van der Waals surface area contributed by atoms with E-state index in [1.807, 2.05) is 0 Å². The Balaban J connectivity index is 1.32. The molecule has 0 atom stereocenters. The Kier molecular flexibility index (Phi) is 5.46. The Morgan fingerprint density at radius 1 is 1.33 bits per heavy atom. The molecule has 0 radical (unpaired) electrons. The van der Waals surface area contributed by atoms with Crippen molar-refractivity contribution < 1.29 is 23.1 Å². The molecule has 9 nitrogen and oxygen atoms in total. The lowest BCUT2D eigenvalue weighted by Gasteiger charge is -2.26. The molecule has 3 heterocycles. The van der Waals surface area contributed by atoms with E-state index in [1.165, 1.54) is 30.7 Å². The molecule has 0 unspecified atom stereocenters. The lowest BCUT2D eigenvalue weighted by atomic mass is 10.0. The van der Waals surface area contributed by atoms with Crippen LogP contribution in [-0.2, 0) is 13.0 Å².